The zero-order chi connectivity index (χ0) is 32.5. The second-order valence-corrected chi connectivity index (χ2v) is 13.0. The Labute approximate surface area is 273 Å². The first-order valence-electron chi connectivity index (χ1n) is 16.3. The number of anilines is 2. The van der Waals surface area contributed by atoms with E-state index in [-0.39, 0.29) is 11.8 Å². The summed E-state index contributed by atoms with van der Waals surface area (Å²) in [6.45, 7) is 17.6. The maximum atomic E-state index is 5.59. The molecule has 4 heteroatoms. The van der Waals surface area contributed by atoms with Gasteiger partial charge in [-0.05, 0) is 72.9 Å². The molecule has 2 heterocycles. The highest BCUT2D eigenvalue weighted by atomic mass is 15.0. The minimum atomic E-state index is 0.136. The van der Waals surface area contributed by atoms with E-state index in [0.29, 0.717) is 5.49 Å². The molecule has 0 aliphatic heterocycles. The lowest BCUT2D eigenvalue weighted by Crippen LogP contribution is -2.15. The van der Waals surface area contributed by atoms with Crippen LogP contribution < -0.4 is 10.8 Å². The topological polar surface area (TPSA) is 53.1 Å². The third-order valence-electron chi connectivity index (χ3n) is 8.87. The average molecular weight is 605 g/mol. The van der Waals surface area contributed by atoms with Crippen LogP contribution in [0.25, 0.3) is 33.2 Å². The van der Waals surface area contributed by atoms with Crippen LogP contribution in [-0.2, 0) is 0 Å². The molecular formula is C42H44N4. The molecule has 0 spiro atoms. The summed E-state index contributed by atoms with van der Waals surface area (Å²) in [6, 6.07) is 34.2. The van der Waals surface area contributed by atoms with Crippen molar-refractivity contribution in [3.8, 4) is 22.3 Å². The van der Waals surface area contributed by atoms with E-state index in [1.165, 1.54) is 27.9 Å². The number of aromatic amines is 1. The standard InChI is InChI=1S/C42H44N4/c1-25(2)36-33(31-21-11-9-12-22-31)35-37(26(3)4)45-42(46-39-29(7)19-16-20-30(39)8)41(44-38-27(5)17-15-18-28(38)6)34(40(35)43-36)32-23-13-10-14-24-32/h9-26,43H,1-8H3,(H,44,45,46). The Morgan fingerprint density at radius 3 is 1.63 bits per heavy atom. The summed E-state index contributed by atoms with van der Waals surface area (Å²) in [7, 11) is 0. The van der Waals surface area contributed by atoms with Gasteiger partial charge in [0.15, 0.2) is 5.49 Å². The summed E-state index contributed by atoms with van der Waals surface area (Å²) in [4.78, 5) is 15.0. The molecule has 0 amide bonds. The Morgan fingerprint density at radius 1 is 0.587 bits per heavy atom. The predicted molar refractivity (Wildman–Crippen MR) is 195 cm³/mol. The van der Waals surface area contributed by atoms with Crippen LogP contribution in [0.2, 0.25) is 0 Å². The summed E-state index contributed by atoms with van der Waals surface area (Å²) in [5.41, 5.74) is 16.0. The van der Waals surface area contributed by atoms with E-state index in [9.17, 15) is 0 Å². The van der Waals surface area contributed by atoms with Crippen molar-refractivity contribution in [3.63, 3.8) is 0 Å². The summed E-state index contributed by atoms with van der Waals surface area (Å²) in [6.07, 6.45) is 0. The molecular weight excluding hydrogens is 560 g/mol. The van der Waals surface area contributed by atoms with Gasteiger partial charge in [0.2, 0.25) is 0 Å². The number of fused-ring (bicyclic) bond motifs is 1. The number of hydrogen-bond acceptors (Lipinski definition) is 3. The van der Waals surface area contributed by atoms with Crippen molar-refractivity contribution in [2.24, 2.45) is 4.99 Å². The molecule has 4 nitrogen and oxygen atoms in total. The van der Waals surface area contributed by atoms with E-state index in [1.807, 2.05) is 0 Å². The van der Waals surface area contributed by atoms with Crippen molar-refractivity contribution in [1.82, 2.24) is 9.97 Å². The van der Waals surface area contributed by atoms with Crippen LogP contribution in [0.1, 0.15) is 73.2 Å². The van der Waals surface area contributed by atoms with Crippen LogP contribution in [0, 0.1) is 27.7 Å². The van der Waals surface area contributed by atoms with Gasteiger partial charge in [-0.15, -0.1) is 0 Å². The van der Waals surface area contributed by atoms with Gasteiger partial charge in [-0.1, -0.05) is 125 Å². The van der Waals surface area contributed by atoms with Crippen molar-refractivity contribution in [1.29, 1.82) is 0 Å². The first kappa shape index (κ1) is 31.0. The monoisotopic (exact) mass is 604 g/mol. The van der Waals surface area contributed by atoms with Gasteiger partial charge < -0.3 is 10.3 Å². The summed E-state index contributed by atoms with van der Waals surface area (Å²) < 4.78 is 0. The molecule has 0 saturated heterocycles. The van der Waals surface area contributed by atoms with Gasteiger partial charge >= 0.3 is 0 Å². The zero-order valence-electron chi connectivity index (χ0n) is 28.3. The Balaban J connectivity index is 1.92. The second-order valence-electron chi connectivity index (χ2n) is 13.0. The fraction of sp³-hybridized carbons (Fsp3) is 0.238. The first-order chi connectivity index (χ1) is 22.2. The number of para-hydroxylation sites is 2. The van der Waals surface area contributed by atoms with Crippen molar-refractivity contribution in [2.75, 3.05) is 5.32 Å². The third-order valence-corrected chi connectivity index (χ3v) is 8.87. The zero-order valence-corrected chi connectivity index (χ0v) is 28.3. The highest BCUT2D eigenvalue weighted by molar-refractivity contribution is 6.08. The highest BCUT2D eigenvalue weighted by Gasteiger charge is 2.25. The molecule has 0 saturated carbocycles. The molecule has 232 valence electrons. The van der Waals surface area contributed by atoms with Crippen molar-refractivity contribution in [2.45, 2.75) is 67.2 Å². The van der Waals surface area contributed by atoms with Crippen LogP contribution in [0.15, 0.2) is 102 Å². The molecule has 4 aromatic carbocycles. The lowest BCUT2D eigenvalue weighted by molar-refractivity contribution is 0.825. The van der Waals surface area contributed by atoms with Crippen molar-refractivity contribution in [3.05, 3.63) is 136 Å². The summed E-state index contributed by atoms with van der Waals surface area (Å²) in [5, 5.41) is 5.08. The van der Waals surface area contributed by atoms with E-state index in [4.69, 9.17) is 9.98 Å². The maximum Gasteiger partial charge on any atom is 0.177 e. The lowest BCUT2D eigenvalue weighted by atomic mass is 9.93. The fourth-order valence-electron chi connectivity index (χ4n) is 6.50. The molecule has 46 heavy (non-hydrogen) atoms. The number of rotatable bonds is 7. The SMILES string of the molecule is Cc1cccc(C)c1N=c1nc(C(C)C)c2c(-c3ccccc3)c(C(C)C)[nH]c2c(-c2ccccc2)c1Nc1c(C)cccc1C. The van der Waals surface area contributed by atoms with E-state index in [0.717, 1.165) is 55.9 Å². The van der Waals surface area contributed by atoms with Crippen LogP contribution >= 0.6 is 0 Å². The highest BCUT2D eigenvalue weighted by Crippen LogP contribution is 2.44. The van der Waals surface area contributed by atoms with E-state index >= 15 is 0 Å². The fourth-order valence-corrected chi connectivity index (χ4v) is 6.50. The molecule has 0 fully saturated rings. The minimum Gasteiger partial charge on any atom is -0.357 e. The van der Waals surface area contributed by atoms with Gasteiger partial charge in [-0.25, -0.2) is 9.98 Å². The Hall–Kier alpha value is -4.96. The molecule has 2 N–H and O–H groups in total. The Morgan fingerprint density at radius 2 is 1.11 bits per heavy atom. The van der Waals surface area contributed by atoms with Gasteiger partial charge in [-0.2, -0.15) is 0 Å². The van der Waals surface area contributed by atoms with Gasteiger partial charge in [-0.3, -0.25) is 0 Å². The molecule has 0 aliphatic carbocycles. The van der Waals surface area contributed by atoms with Crippen LogP contribution in [0.3, 0.4) is 0 Å². The summed E-state index contributed by atoms with van der Waals surface area (Å²) in [5.74, 6) is 0.405. The molecule has 0 radical (unpaired) electrons. The van der Waals surface area contributed by atoms with E-state index in [1.54, 1.807) is 0 Å². The molecule has 0 aliphatic rings. The second kappa shape index (κ2) is 12.8. The van der Waals surface area contributed by atoms with Gasteiger partial charge in [0.1, 0.15) is 0 Å². The van der Waals surface area contributed by atoms with Crippen molar-refractivity contribution >= 4 is 28.0 Å². The Kier molecular flexibility index (Phi) is 8.64. The predicted octanol–water partition coefficient (Wildman–Crippen LogP) is 11.4. The first-order valence-corrected chi connectivity index (χ1v) is 16.3. The lowest BCUT2D eigenvalue weighted by Gasteiger charge is -2.16. The number of aromatic nitrogens is 2. The number of H-pyrrole nitrogens is 1. The number of benzene rings is 4. The van der Waals surface area contributed by atoms with Crippen LogP contribution in [0.5, 0.6) is 0 Å². The molecule has 0 bridgehead atoms. The molecule has 6 aromatic rings. The van der Waals surface area contributed by atoms with Crippen LogP contribution in [-0.4, -0.2) is 9.97 Å². The van der Waals surface area contributed by atoms with E-state index < -0.39 is 0 Å². The average Bonchev–Trinajstić information content (AvgIpc) is 3.37. The number of hydrogen-bond donors (Lipinski definition) is 2. The molecule has 0 atom stereocenters. The normalized spacial score (nSPS) is 12.0. The smallest absolute Gasteiger partial charge is 0.177 e. The molecule has 2 aromatic heterocycles. The van der Waals surface area contributed by atoms with Gasteiger partial charge in [0, 0.05) is 27.9 Å². The number of nitrogens with zero attached hydrogens (tertiary/aromatic N) is 2. The molecule has 6 rings (SSSR count). The quantitative estimate of drug-likeness (QED) is 0.190. The Bertz CT molecular complexity index is 2060. The number of aryl methyl sites for hydroxylation is 4. The summed E-state index contributed by atoms with van der Waals surface area (Å²) >= 11 is 0. The maximum absolute atomic E-state index is 5.59. The number of nitrogens with one attached hydrogen (secondary N) is 2. The third kappa shape index (κ3) is 5.76. The van der Waals surface area contributed by atoms with Gasteiger partial charge in [0.25, 0.3) is 0 Å². The van der Waals surface area contributed by atoms with Gasteiger partial charge in [0.05, 0.1) is 22.6 Å². The van der Waals surface area contributed by atoms with E-state index in [2.05, 4.69) is 163 Å². The largest absolute Gasteiger partial charge is 0.357 e. The molecule has 0 unspecified atom stereocenters. The van der Waals surface area contributed by atoms with Crippen molar-refractivity contribution < 1.29 is 0 Å². The van der Waals surface area contributed by atoms with Crippen LogP contribution in [0.4, 0.5) is 17.1 Å². The minimum absolute atomic E-state index is 0.136.